The molecule has 1 aromatic heterocycles. The topological polar surface area (TPSA) is 90.9 Å². The number of fused-ring (bicyclic) bond motifs is 1. The number of nitrogens with zero attached hydrogens (tertiary/aromatic N) is 5. The standard InChI is InChI=1S/C25H32N6O3/c1-5-22(32)30-12-10-29(11-13-30)15-19-6-8-20(9-7-19)18(4)27-24-26-14-21-16-34-25(33)31(17(2)3)23(21)28-24/h5-9,14,17-18H,1,10-13,15-16H2,2-4H3,(H,26,27,28)/t18-/m0/s1. The molecule has 2 aliphatic rings. The van der Waals surface area contributed by atoms with Gasteiger partial charge in [0.25, 0.3) is 0 Å². The summed E-state index contributed by atoms with van der Waals surface area (Å²) in [4.78, 5) is 38.7. The predicted molar refractivity (Wildman–Crippen MR) is 130 cm³/mol. The molecule has 0 aliphatic carbocycles. The first-order valence-electron chi connectivity index (χ1n) is 11.7. The molecule has 2 aliphatic heterocycles. The van der Waals surface area contributed by atoms with Gasteiger partial charge >= 0.3 is 6.09 Å². The number of hydrogen-bond acceptors (Lipinski definition) is 7. The lowest BCUT2D eigenvalue weighted by molar-refractivity contribution is -0.127. The van der Waals surface area contributed by atoms with Crippen molar-refractivity contribution in [2.45, 2.75) is 46.0 Å². The quantitative estimate of drug-likeness (QED) is 0.629. The molecule has 9 nitrogen and oxygen atoms in total. The number of carbonyl (C=O) groups is 2. The van der Waals surface area contributed by atoms with Crippen LogP contribution in [0.25, 0.3) is 0 Å². The summed E-state index contributed by atoms with van der Waals surface area (Å²) in [5.74, 6) is 1.08. The van der Waals surface area contributed by atoms with Crippen molar-refractivity contribution >= 4 is 23.8 Å². The molecule has 0 radical (unpaired) electrons. The second-order valence-electron chi connectivity index (χ2n) is 8.97. The molecule has 4 rings (SSSR count). The van der Waals surface area contributed by atoms with E-state index in [1.54, 1.807) is 11.1 Å². The van der Waals surface area contributed by atoms with Gasteiger partial charge in [-0.05, 0) is 38.0 Å². The lowest BCUT2D eigenvalue weighted by atomic mass is 10.1. The van der Waals surface area contributed by atoms with E-state index in [1.165, 1.54) is 11.6 Å². The minimum Gasteiger partial charge on any atom is -0.444 e. The molecular formula is C25H32N6O3. The van der Waals surface area contributed by atoms with Gasteiger partial charge in [-0.1, -0.05) is 30.8 Å². The zero-order valence-corrected chi connectivity index (χ0v) is 20.0. The summed E-state index contributed by atoms with van der Waals surface area (Å²) in [6, 6.07) is 8.42. The molecule has 34 heavy (non-hydrogen) atoms. The van der Waals surface area contributed by atoms with E-state index < -0.39 is 0 Å². The SMILES string of the molecule is C=CC(=O)N1CCN(Cc2ccc([C@H](C)Nc3ncc4c(n3)N(C(C)C)C(=O)OC4)cc2)CC1. The molecule has 1 N–H and O–H groups in total. The maximum atomic E-state index is 12.2. The molecule has 0 bridgehead atoms. The van der Waals surface area contributed by atoms with E-state index in [2.05, 4.69) is 58.0 Å². The average molecular weight is 465 g/mol. The summed E-state index contributed by atoms with van der Waals surface area (Å²) in [5.41, 5.74) is 3.15. The number of ether oxygens (including phenoxy) is 1. The van der Waals surface area contributed by atoms with E-state index in [0.717, 1.165) is 43.9 Å². The molecule has 0 saturated carbocycles. The van der Waals surface area contributed by atoms with Crippen LogP contribution < -0.4 is 10.2 Å². The van der Waals surface area contributed by atoms with Crippen LogP contribution in [0.5, 0.6) is 0 Å². The van der Waals surface area contributed by atoms with Crippen molar-refractivity contribution in [3.63, 3.8) is 0 Å². The Balaban J connectivity index is 1.36. The first kappa shape index (κ1) is 23.7. The van der Waals surface area contributed by atoms with E-state index >= 15 is 0 Å². The first-order chi connectivity index (χ1) is 16.4. The molecular weight excluding hydrogens is 432 g/mol. The fourth-order valence-corrected chi connectivity index (χ4v) is 4.23. The number of aromatic nitrogens is 2. The molecule has 0 unspecified atom stereocenters. The highest BCUT2D eigenvalue weighted by Gasteiger charge is 2.30. The Morgan fingerprint density at radius 1 is 1.18 bits per heavy atom. The van der Waals surface area contributed by atoms with E-state index in [-0.39, 0.29) is 30.7 Å². The van der Waals surface area contributed by atoms with Crippen LogP contribution in [0.3, 0.4) is 0 Å². The van der Waals surface area contributed by atoms with Crippen molar-refractivity contribution in [2.24, 2.45) is 0 Å². The summed E-state index contributed by atoms with van der Waals surface area (Å²) in [5, 5.41) is 3.35. The monoisotopic (exact) mass is 464 g/mol. The molecule has 1 saturated heterocycles. The molecule has 180 valence electrons. The summed E-state index contributed by atoms with van der Waals surface area (Å²) in [7, 11) is 0. The number of amides is 2. The number of rotatable bonds is 7. The number of cyclic esters (lactones) is 1. The molecule has 1 atom stereocenters. The Morgan fingerprint density at radius 3 is 2.53 bits per heavy atom. The number of benzene rings is 1. The van der Waals surface area contributed by atoms with Crippen molar-refractivity contribution in [1.82, 2.24) is 19.8 Å². The van der Waals surface area contributed by atoms with Crippen LogP contribution in [0, 0.1) is 0 Å². The van der Waals surface area contributed by atoms with Gasteiger partial charge in [0, 0.05) is 45.0 Å². The number of piperazine rings is 1. The third kappa shape index (κ3) is 5.20. The first-order valence-corrected chi connectivity index (χ1v) is 11.7. The van der Waals surface area contributed by atoms with E-state index in [1.807, 2.05) is 18.7 Å². The highest BCUT2D eigenvalue weighted by atomic mass is 16.6. The van der Waals surface area contributed by atoms with Gasteiger partial charge in [-0.15, -0.1) is 0 Å². The van der Waals surface area contributed by atoms with Gasteiger partial charge in [0.1, 0.15) is 12.4 Å². The Bertz CT molecular complexity index is 1050. The largest absolute Gasteiger partial charge is 0.444 e. The van der Waals surface area contributed by atoms with E-state index in [4.69, 9.17) is 4.74 Å². The second-order valence-corrected chi connectivity index (χ2v) is 8.97. The van der Waals surface area contributed by atoms with Gasteiger partial charge in [-0.2, -0.15) is 4.98 Å². The number of nitrogens with one attached hydrogen (secondary N) is 1. The smallest absolute Gasteiger partial charge is 0.416 e. The Labute approximate surface area is 200 Å². The van der Waals surface area contributed by atoms with Crippen LogP contribution in [0.1, 0.15) is 43.5 Å². The zero-order valence-electron chi connectivity index (χ0n) is 20.0. The van der Waals surface area contributed by atoms with Gasteiger partial charge in [0.05, 0.1) is 11.6 Å². The highest BCUT2D eigenvalue weighted by molar-refractivity contribution is 5.89. The molecule has 0 spiro atoms. The molecule has 3 heterocycles. The maximum Gasteiger partial charge on any atom is 0.416 e. The van der Waals surface area contributed by atoms with Crippen LogP contribution in [-0.2, 0) is 22.7 Å². The van der Waals surface area contributed by atoms with Crippen molar-refractivity contribution in [3.8, 4) is 0 Å². The maximum absolute atomic E-state index is 12.2. The van der Waals surface area contributed by atoms with Crippen molar-refractivity contribution in [2.75, 3.05) is 36.4 Å². The minimum atomic E-state index is -0.385. The fourth-order valence-electron chi connectivity index (χ4n) is 4.23. The van der Waals surface area contributed by atoms with Gasteiger partial charge in [0.15, 0.2) is 0 Å². The van der Waals surface area contributed by atoms with Crippen molar-refractivity contribution in [3.05, 3.63) is 59.8 Å². The van der Waals surface area contributed by atoms with Crippen molar-refractivity contribution in [1.29, 1.82) is 0 Å². The number of carbonyl (C=O) groups excluding carboxylic acids is 2. The Morgan fingerprint density at radius 2 is 1.88 bits per heavy atom. The Kier molecular flexibility index (Phi) is 7.12. The van der Waals surface area contributed by atoms with E-state index in [0.29, 0.717) is 11.8 Å². The van der Waals surface area contributed by atoms with Crippen LogP contribution in [0.4, 0.5) is 16.6 Å². The van der Waals surface area contributed by atoms with Gasteiger partial charge in [-0.3, -0.25) is 14.6 Å². The van der Waals surface area contributed by atoms with Crippen LogP contribution in [0.15, 0.2) is 43.1 Å². The van der Waals surface area contributed by atoms with Crippen molar-refractivity contribution < 1.29 is 14.3 Å². The van der Waals surface area contributed by atoms with Gasteiger partial charge in [0.2, 0.25) is 11.9 Å². The lowest BCUT2D eigenvalue weighted by Gasteiger charge is -2.34. The molecule has 1 aromatic carbocycles. The molecule has 2 aromatic rings. The second kappa shape index (κ2) is 10.2. The number of anilines is 2. The zero-order chi connectivity index (χ0) is 24.2. The summed E-state index contributed by atoms with van der Waals surface area (Å²) in [6.07, 6.45) is 2.71. The summed E-state index contributed by atoms with van der Waals surface area (Å²) >= 11 is 0. The van der Waals surface area contributed by atoms with Crippen LogP contribution in [0.2, 0.25) is 0 Å². The van der Waals surface area contributed by atoms with Crippen LogP contribution in [-0.4, -0.2) is 64.0 Å². The molecule has 9 heteroatoms. The summed E-state index contributed by atoms with van der Waals surface area (Å²) in [6.45, 7) is 13.7. The normalized spacial score (nSPS) is 17.2. The third-order valence-electron chi connectivity index (χ3n) is 6.22. The molecule has 1 fully saturated rings. The predicted octanol–water partition coefficient (Wildman–Crippen LogP) is 3.34. The Hall–Kier alpha value is -3.46. The van der Waals surface area contributed by atoms with Crippen LogP contribution >= 0.6 is 0 Å². The number of hydrogen-bond donors (Lipinski definition) is 1. The third-order valence-corrected chi connectivity index (χ3v) is 6.22. The van der Waals surface area contributed by atoms with E-state index in [9.17, 15) is 9.59 Å². The average Bonchev–Trinajstić information content (AvgIpc) is 2.84. The lowest BCUT2D eigenvalue weighted by Crippen LogP contribution is -2.47. The minimum absolute atomic E-state index is 0.00486. The highest BCUT2D eigenvalue weighted by Crippen LogP contribution is 2.28. The fraction of sp³-hybridized carbons (Fsp3) is 0.440. The van der Waals surface area contributed by atoms with Gasteiger partial charge in [-0.25, -0.2) is 9.78 Å². The molecule has 2 amide bonds. The van der Waals surface area contributed by atoms with Gasteiger partial charge < -0.3 is 15.0 Å². The summed E-state index contributed by atoms with van der Waals surface area (Å²) < 4.78 is 5.22.